The van der Waals surface area contributed by atoms with Gasteiger partial charge in [0.1, 0.15) is 5.82 Å². The third-order valence-electron chi connectivity index (χ3n) is 6.39. The number of nitrogens with zero attached hydrogens (tertiary/aromatic N) is 2. The molecule has 0 unspecified atom stereocenters. The van der Waals surface area contributed by atoms with E-state index in [4.69, 9.17) is 0 Å². The molecule has 0 bridgehead atoms. The first-order valence-electron chi connectivity index (χ1n) is 9.94. The summed E-state index contributed by atoms with van der Waals surface area (Å²) < 4.78 is 15.1. The zero-order valence-corrected chi connectivity index (χ0v) is 16.2. The van der Waals surface area contributed by atoms with Crippen LogP contribution < -0.4 is 5.32 Å². The van der Waals surface area contributed by atoms with Crippen LogP contribution >= 0.6 is 0 Å². The number of anilines is 1. The highest BCUT2D eigenvalue weighted by molar-refractivity contribution is 5.94. The summed E-state index contributed by atoms with van der Waals surface area (Å²) in [5, 5.41) is 7.62. The van der Waals surface area contributed by atoms with Crippen molar-refractivity contribution in [2.75, 3.05) is 5.32 Å². The Labute approximate surface area is 169 Å². The normalized spacial score (nSPS) is 22.6. The van der Waals surface area contributed by atoms with Gasteiger partial charge in [0.15, 0.2) is 0 Å². The van der Waals surface area contributed by atoms with Crippen molar-refractivity contribution in [2.45, 2.75) is 26.2 Å². The Morgan fingerprint density at radius 2 is 1.93 bits per heavy atom. The van der Waals surface area contributed by atoms with Crippen LogP contribution in [0.25, 0.3) is 11.8 Å². The van der Waals surface area contributed by atoms with E-state index in [1.165, 1.54) is 17.7 Å². The maximum atomic E-state index is 13.3. The summed E-state index contributed by atoms with van der Waals surface area (Å²) in [4.78, 5) is 13.1. The maximum Gasteiger partial charge on any atom is 0.228 e. The molecule has 0 saturated heterocycles. The average Bonchev–Trinajstić information content (AvgIpc) is 3.27. The predicted molar refractivity (Wildman–Crippen MR) is 111 cm³/mol. The molecule has 1 N–H and O–H groups in total. The molecule has 5 rings (SSSR count). The Morgan fingerprint density at radius 3 is 2.69 bits per heavy atom. The lowest BCUT2D eigenvalue weighted by Gasteiger charge is -2.35. The van der Waals surface area contributed by atoms with Crippen molar-refractivity contribution in [3.05, 3.63) is 83.4 Å². The van der Waals surface area contributed by atoms with Gasteiger partial charge in [-0.05, 0) is 67.3 Å². The minimum atomic E-state index is -0.260. The molecule has 1 saturated carbocycles. The molecule has 5 heteroatoms. The Morgan fingerprint density at radius 1 is 1.17 bits per heavy atom. The van der Waals surface area contributed by atoms with Gasteiger partial charge in [-0.15, -0.1) is 0 Å². The van der Waals surface area contributed by atoms with Gasteiger partial charge in [-0.25, -0.2) is 9.07 Å². The van der Waals surface area contributed by atoms with Crippen LogP contribution in [0.4, 0.5) is 10.1 Å². The number of hydrogen-bond acceptors (Lipinski definition) is 2. The first-order chi connectivity index (χ1) is 14.0. The van der Waals surface area contributed by atoms with Crippen molar-refractivity contribution in [3.8, 4) is 5.69 Å². The Hall–Kier alpha value is -3.21. The second-order valence-corrected chi connectivity index (χ2v) is 8.15. The number of benzene rings is 2. The molecule has 1 fully saturated rings. The van der Waals surface area contributed by atoms with E-state index in [2.05, 4.69) is 23.4 Å². The van der Waals surface area contributed by atoms with Crippen LogP contribution in [0.15, 0.2) is 66.4 Å². The monoisotopic (exact) mass is 387 g/mol. The fourth-order valence-corrected chi connectivity index (χ4v) is 4.80. The fourth-order valence-electron chi connectivity index (χ4n) is 4.80. The number of nitrogens with one attached hydrogen (secondary N) is 1. The molecule has 2 atom stereocenters. The molecule has 4 nitrogen and oxygen atoms in total. The van der Waals surface area contributed by atoms with Crippen molar-refractivity contribution in [1.82, 2.24) is 9.78 Å². The van der Waals surface area contributed by atoms with Crippen LogP contribution in [0.3, 0.4) is 0 Å². The van der Waals surface area contributed by atoms with Gasteiger partial charge in [0, 0.05) is 17.0 Å². The number of carbonyl (C=O) groups excluding carboxylic acids is 1. The fraction of sp³-hybridized carbons (Fsp3) is 0.250. The van der Waals surface area contributed by atoms with Crippen LogP contribution in [0.2, 0.25) is 0 Å². The van der Waals surface area contributed by atoms with Crippen molar-refractivity contribution < 1.29 is 9.18 Å². The van der Waals surface area contributed by atoms with Crippen LogP contribution in [-0.2, 0) is 11.2 Å². The average molecular weight is 387 g/mol. The summed E-state index contributed by atoms with van der Waals surface area (Å²) in [6, 6.07) is 16.0. The lowest BCUT2D eigenvalue weighted by atomic mass is 9.69. The van der Waals surface area contributed by atoms with Gasteiger partial charge < -0.3 is 5.32 Å². The van der Waals surface area contributed by atoms with E-state index < -0.39 is 0 Å². The van der Waals surface area contributed by atoms with Crippen LogP contribution in [-0.4, -0.2) is 15.7 Å². The molecule has 0 radical (unpaired) electrons. The van der Waals surface area contributed by atoms with Gasteiger partial charge in [-0.2, -0.15) is 5.10 Å². The smallest absolute Gasteiger partial charge is 0.228 e. The van der Waals surface area contributed by atoms with Gasteiger partial charge in [0.25, 0.3) is 0 Å². The van der Waals surface area contributed by atoms with E-state index in [9.17, 15) is 9.18 Å². The lowest BCUT2D eigenvalue weighted by molar-refractivity contribution is -0.122. The number of carbonyl (C=O) groups is 1. The van der Waals surface area contributed by atoms with E-state index in [0.29, 0.717) is 0 Å². The third kappa shape index (κ3) is 2.97. The second-order valence-electron chi connectivity index (χ2n) is 8.15. The van der Waals surface area contributed by atoms with Crippen molar-refractivity contribution in [1.29, 1.82) is 0 Å². The Kier molecular flexibility index (Phi) is 4.12. The van der Waals surface area contributed by atoms with E-state index in [0.717, 1.165) is 41.9 Å². The standard InChI is InChI=1S/C24H22FN3O/c1-24-14-16-15-26-28(20-10-8-18(25)9-11-20)22(16)13-17(24)7-12-21(24)23(29)27-19-5-3-2-4-6-19/h2-6,8-11,13,15,21H,7,12,14H2,1H3,(H,27,29)/t21-,24+/m1/s1. The molecule has 1 amide bonds. The molecule has 0 spiro atoms. The number of rotatable bonds is 3. The van der Waals surface area contributed by atoms with Crippen molar-refractivity contribution >= 4 is 17.7 Å². The molecule has 1 aromatic heterocycles. The number of amides is 1. The molecule has 29 heavy (non-hydrogen) atoms. The molecular formula is C24H22FN3O. The first-order valence-corrected chi connectivity index (χ1v) is 9.94. The van der Waals surface area contributed by atoms with Crippen molar-refractivity contribution in [2.24, 2.45) is 11.3 Å². The largest absolute Gasteiger partial charge is 0.326 e. The van der Waals surface area contributed by atoms with E-state index in [-0.39, 0.29) is 23.1 Å². The molecule has 146 valence electrons. The topological polar surface area (TPSA) is 46.9 Å². The third-order valence-corrected chi connectivity index (χ3v) is 6.39. The quantitative estimate of drug-likeness (QED) is 0.687. The van der Waals surface area contributed by atoms with Gasteiger partial charge in [0.2, 0.25) is 5.91 Å². The number of allylic oxidation sites excluding steroid dienone is 1. The lowest BCUT2D eigenvalue weighted by Crippen LogP contribution is -2.36. The van der Waals surface area contributed by atoms with Gasteiger partial charge in [0.05, 0.1) is 17.6 Å². The summed E-state index contributed by atoms with van der Waals surface area (Å²) in [6.45, 7) is 2.19. The summed E-state index contributed by atoms with van der Waals surface area (Å²) in [5.74, 6) is -0.253. The van der Waals surface area contributed by atoms with E-state index >= 15 is 0 Å². The zero-order chi connectivity index (χ0) is 20.0. The summed E-state index contributed by atoms with van der Waals surface area (Å²) in [6.07, 6.45) is 6.58. The SMILES string of the molecule is C[C@]12Cc3cnn(-c4ccc(F)cc4)c3C=C1CC[C@@H]2C(=O)Nc1ccccc1. The molecule has 0 aliphatic heterocycles. The Bertz CT molecular complexity index is 1100. The maximum absolute atomic E-state index is 13.3. The molecule has 2 aliphatic carbocycles. The molecular weight excluding hydrogens is 365 g/mol. The Balaban J connectivity index is 1.45. The van der Waals surface area contributed by atoms with Crippen LogP contribution in [0.1, 0.15) is 31.0 Å². The highest BCUT2D eigenvalue weighted by atomic mass is 19.1. The number of aromatic nitrogens is 2. The summed E-state index contributed by atoms with van der Waals surface area (Å²) in [7, 11) is 0. The van der Waals surface area contributed by atoms with Gasteiger partial charge in [-0.1, -0.05) is 30.7 Å². The second kappa shape index (κ2) is 6.69. The van der Waals surface area contributed by atoms with Crippen molar-refractivity contribution in [3.63, 3.8) is 0 Å². The number of hydrogen-bond donors (Lipinski definition) is 1. The van der Waals surface area contributed by atoms with Crippen LogP contribution in [0.5, 0.6) is 0 Å². The summed E-state index contributed by atoms with van der Waals surface area (Å²) in [5.41, 5.74) is 4.92. The highest BCUT2D eigenvalue weighted by Gasteiger charge is 2.48. The predicted octanol–water partition coefficient (Wildman–Crippen LogP) is 5.01. The zero-order valence-electron chi connectivity index (χ0n) is 16.2. The minimum Gasteiger partial charge on any atom is -0.326 e. The van der Waals surface area contributed by atoms with Crippen LogP contribution in [0, 0.1) is 17.2 Å². The van der Waals surface area contributed by atoms with E-state index in [1.54, 1.807) is 12.1 Å². The molecule has 2 aromatic carbocycles. The number of fused-ring (bicyclic) bond motifs is 2. The number of para-hydroxylation sites is 1. The summed E-state index contributed by atoms with van der Waals surface area (Å²) >= 11 is 0. The molecule has 1 heterocycles. The first kappa shape index (κ1) is 17.9. The highest BCUT2D eigenvalue weighted by Crippen LogP contribution is 2.53. The van der Waals surface area contributed by atoms with Gasteiger partial charge in [-0.3, -0.25) is 4.79 Å². The molecule has 2 aliphatic rings. The number of halogens is 1. The molecule has 3 aromatic rings. The van der Waals surface area contributed by atoms with Gasteiger partial charge >= 0.3 is 0 Å². The minimum absolute atomic E-state index is 0.0729. The van der Waals surface area contributed by atoms with E-state index in [1.807, 2.05) is 41.2 Å².